The standard InChI is InChI=1S/C9H18N2O/c1-4-6-10-9(12)11-7-5-8(2)3/h4,8H,1,5-7H2,2-3H3,(H2,10,11,12). The molecule has 0 aromatic heterocycles. The van der Waals surface area contributed by atoms with Gasteiger partial charge in [0, 0.05) is 13.1 Å². The summed E-state index contributed by atoms with van der Waals surface area (Å²) in [6.45, 7) is 9.01. The molecule has 0 saturated carbocycles. The minimum absolute atomic E-state index is 0.115. The van der Waals surface area contributed by atoms with Gasteiger partial charge in [0.15, 0.2) is 0 Å². The largest absolute Gasteiger partial charge is 0.338 e. The SMILES string of the molecule is C=CCNC(=O)NCCC(C)C. The summed E-state index contributed by atoms with van der Waals surface area (Å²) in [5.41, 5.74) is 0. The molecule has 12 heavy (non-hydrogen) atoms. The third kappa shape index (κ3) is 7.12. The van der Waals surface area contributed by atoms with Crippen LogP contribution < -0.4 is 10.6 Å². The van der Waals surface area contributed by atoms with Gasteiger partial charge in [0.05, 0.1) is 0 Å². The average molecular weight is 170 g/mol. The molecular weight excluding hydrogens is 152 g/mol. The van der Waals surface area contributed by atoms with Crippen molar-refractivity contribution in [3.05, 3.63) is 12.7 Å². The Morgan fingerprint density at radius 3 is 2.67 bits per heavy atom. The topological polar surface area (TPSA) is 41.1 Å². The maximum atomic E-state index is 10.9. The van der Waals surface area contributed by atoms with Crippen molar-refractivity contribution in [2.24, 2.45) is 5.92 Å². The first-order valence-electron chi connectivity index (χ1n) is 4.29. The molecule has 0 bridgehead atoms. The molecule has 0 rings (SSSR count). The zero-order chi connectivity index (χ0) is 9.40. The van der Waals surface area contributed by atoms with Crippen LogP contribution in [0.2, 0.25) is 0 Å². The molecule has 0 fully saturated rings. The fraction of sp³-hybridized carbons (Fsp3) is 0.667. The Morgan fingerprint density at radius 1 is 1.50 bits per heavy atom. The van der Waals surface area contributed by atoms with Crippen LogP contribution in [0.25, 0.3) is 0 Å². The van der Waals surface area contributed by atoms with Gasteiger partial charge < -0.3 is 10.6 Å². The molecule has 0 heterocycles. The Kier molecular flexibility index (Phi) is 6.15. The lowest BCUT2D eigenvalue weighted by molar-refractivity contribution is 0.241. The second-order valence-corrected chi connectivity index (χ2v) is 3.11. The number of nitrogens with one attached hydrogen (secondary N) is 2. The predicted molar refractivity (Wildman–Crippen MR) is 51.1 cm³/mol. The maximum Gasteiger partial charge on any atom is 0.315 e. The average Bonchev–Trinajstić information content (AvgIpc) is 2.00. The summed E-state index contributed by atoms with van der Waals surface area (Å²) in [5, 5.41) is 5.39. The van der Waals surface area contributed by atoms with Crippen LogP contribution in [0.1, 0.15) is 20.3 Å². The quantitative estimate of drug-likeness (QED) is 0.603. The van der Waals surface area contributed by atoms with E-state index in [0.29, 0.717) is 12.5 Å². The third-order valence-corrected chi connectivity index (χ3v) is 1.41. The number of amides is 2. The molecule has 0 aliphatic carbocycles. The summed E-state index contributed by atoms with van der Waals surface area (Å²) in [4.78, 5) is 10.9. The minimum Gasteiger partial charge on any atom is -0.338 e. The second kappa shape index (κ2) is 6.70. The van der Waals surface area contributed by atoms with Crippen LogP contribution in [0.5, 0.6) is 0 Å². The van der Waals surface area contributed by atoms with Crippen LogP contribution in [-0.4, -0.2) is 19.1 Å². The second-order valence-electron chi connectivity index (χ2n) is 3.11. The number of hydrogen-bond acceptors (Lipinski definition) is 1. The smallest absolute Gasteiger partial charge is 0.315 e. The van der Waals surface area contributed by atoms with Crippen molar-refractivity contribution in [2.45, 2.75) is 20.3 Å². The Bertz CT molecular complexity index is 143. The summed E-state index contributed by atoms with van der Waals surface area (Å²) >= 11 is 0. The van der Waals surface area contributed by atoms with E-state index in [-0.39, 0.29) is 6.03 Å². The molecule has 0 aromatic rings. The van der Waals surface area contributed by atoms with E-state index in [1.165, 1.54) is 0 Å². The molecule has 0 atom stereocenters. The van der Waals surface area contributed by atoms with Crippen LogP contribution in [-0.2, 0) is 0 Å². The van der Waals surface area contributed by atoms with Crippen LogP contribution >= 0.6 is 0 Å². The van der Waals surface area contributed by atoms with Gasteiger partial charge in [-0.2, -0.15) is 0 Å². The van der Waals surface area contributed by atoms with Crippen molar-refractivity contribution in [3.8, 4) is 0 Å². The Labute approximate surface area is 74.2 Å². The van der Waals surface area contributed by atoms with Crippen LogP contribution in [0.4, 0.5) is 4.79 Å². The molecule has 0 saturated heterocycles. The Balaban J connectivity index is 3.25. The van der Waals surface area contributed by atoms with Crippen LogP contribution in [0.15, 0.2) is 12.7 Å². The van der Waals surface area contributed by atoms with Crippen LogP contribution in [0.3, 0.4) is 0 Å². The molecule has 70 valence electrons. The summed E-state index contributed by atoms with van der Waals surface area (Å²) < 4.78 is 0. The highest BCUT2D eigenvalue weighted by molar-refractivity contribution is 5.73. The van der Waals surface area contributed by atoms with E-state index in [4.69, 9.17) is 0 Å². The van der Waals surface area contributed by atoms with Crippen molar-refractivity contribution >= 4 is 6.03 Å². The third-order valence-electron chi connectivity index (χ3n) is 1.41. The highest BCUT2D eigenvalue weighted by Gasteiger charge is 1.97. The predicted octanol–water partition coefficient (Wildman–Crippen LogP) is 1.52. The van der Waals surface area contributed by atoms with Gasteiger partial charge in [-0.3, -0.25) is 0 Å². The molecule has 0 aliphatic heterocycles. The van der Waals surface area contributed by atoms with E-state index >= 15 is 0 Å². The molecular formula is C9H18N2O. The van der Waals surface area contributed by atoms with E-state index < -0.39 is 0 Å². The summed E-state index contributed by atoms with van der Waals surface area (Å²) in [7, 11) is 0. The zero-order valence-electron chi connectivity index (χ0n) is 7.89. The summed E-state index contributed by atoms with van der Waals surface area (Å²) in [6.07, 6.45) is 2.67. The number of carbonyl (C=O) groups is 1. The van der Waals surface area contributed by atoms with Gasteiger partial charge in [-0.25, -0.2) is 4.79 Å². The lowest BCUT2D eigenvalue weighted by Crippen LogP contribution is -2.36. The van der Waals surface area contributed by atoms with Gasteiger partial charge in [0.2, 0.25) is 0 Å². The van der Waals surface area contributed by atoms with Gasteiger partial charge in [0.1, 0.15) is 0 Å². The minimum atomic E-state index is -0.115. The molecule has 2 N–H and O–H groups in total. The fourth-order valence-electron chi connectivity index (χ4n) is 0.702. The van der Waals surface area contributed by atoms with E-state index in [1.54, 1.807) is 6.08 Å². The van der Waals surface area contributed by atoms with Crippen molar-refractivity contribution < 1.29 is 4.79 Å². The van der Waals surface area contributed by atoms with Crippen molar-refractivity contribution in [3.63, 3.8) is 0 Å². The van der Waals surface area contributed by atoms with E-state index in [0.717, 1.165) is 13.0 Å². The van der Waals surface area contributed by atoms with Crippen molar-refractivity contribution in [1.82, 2.24) is 10.6 Å². The molecule has 0 unspecified atom stereocenters. The highest BCUT2D eigenvalue weighted by Crippen LogP contribution is 1.95. The molecule has 0 aromatic carbocycles. The molecule has 0 aliphatic rings. The first-order valence-corrected chi connectivity index (χ1v) is 4.29. The van der Waals surface area contributed by atoms with E-state index in [9.17, 15) is 4.79 Å². The van der Waals surface area contributed by atoms with Crippen LogP contribution in [0, 0.1) is 5.92 Å². The Morgan fingerprint density at radius 2 is 2.17 bits per heavy atom. The molecule has 0 spiro atoms. The molecule has 0 radical (unpaired) electrons. The van der Waals surface area contributed by atoms with Gasteiger partial charge in [0.25, 0.3) is 0 Å². The normalized spacial score (nSPS) is 9.58. The van der Waals surface area contributed by atoms with E-state index in [2.05, 4.69) is 31.1 Å². The number of carbonyl (C=O) groups excluding carboxylic acids is 1. The van der Waals surface area contributed by atoms with Gasteiger partial charge in [-0.1, -0.05) is 19.9 Å². The van der Waals surface area contributed by atoms with E-state index in [1.807, 2.05) is 0 Å². The van der Waals surface area contributed by atoms with Crippen molar-refractivity contribution in [1.29, 1.82) is 0 Å². The Hall–Kier alpha value is -0.990. The zero-order valence-corrected chi connectivity index (χ0v) is 7.89. The first-order chi connectivity index (χ1) is 5.66. The maximum absolute atomic E-state index is 10.9. The monoisotopic (exact) mass is 170 g/mol. The van der Waals surface area contributed by atoms with Crippen molar-refractivity contribution in [2.75, 3.05) is 13.1 Å². The highest BCUT2D eigenvalue weighted by atomic mass is 16.2. The number of urea groups is 1. The summed E-state index contributed by atoms with van der Waals surface area (Å²) in [5.74, 6) is 0.629. The number of rotatable bonds is 5. The van der Waals surface area contributed by atoms with Gasteiger partial charge >= 0.3 is 6.03 Å². The molecule has 2 amide bonds. The summed E-state index contributed by atoms with van der Waals surface area (Å²) in [6, 6.07) is -0.115. The van der Waals surface area contributed by atoms with Gasteiger partial charge in [-0.05, 0) is 12.3 Å². The lowest BCUT2D eigenvalue weighted by atomic mass is 10.1. The fourth-order valence-corrected chi connectivity index (χ4v) is 0.702. The number of hydrogen-bond donors (Lipinski definition) is 2. The van der Waals surface area contributed by atoms with Gasteiger partial charge in [-0.15, -0.1) is 6.58 Å². The molecule has 3 heteroatoms. The first kappa shape index (κ1) is 11.0. The molecule has 3 nitrogen and oxygen atoms in total. The lowest BCUT2D eigenvalue weighted by Gasteiger charge is -2.07.